The fourth-order valence-electron chi connectivity index (χ4n) is 3.40. The van der Waals surface area contributed by atoms with E-state index in [1.165, 1.54) is 4.90 Å². The number of hydrogen-bond acceptors (Lipinski definition) is 3. The van der Waals surface area contributed by atoms with Gasteiger partial charge in [-0.1, -0.05) is 13.8 Å². The van der Waals surface area contributed by atoms with Crippen LogP contribution in [-0.2, 0) is 4.79 Å². The third-order valence-electron chi connectivity index (χ3n) is 4.57. The molecule has 0 spiro atoms. The number of aliphatic carboxylic acids is 1. The molecule has 20 heavy (non-hydrogen) atoms. The minimum Gasteiger partial charge on any atom is -0.480 e. The molecule has 0 aromatic carbocycles. The number of hydrogen-bond donors (Lipinski definition) is 2. The van der Waals surface area contributed by atoms with E-state index < -0.39 is 17.4 Å². The van der Waals surface area contributed by atoms with Crippen molar-refractivity contribution >= 4 is 12.0 Å². The summed E-state index contributed by atoms with van der Waals surface area (Å²) in [5.74, 6) is -0.805. The van der Waals surface area contributed by atoms with E-state index in [1.807, 2.05) is 13.8 Å². The normalized spacial score (nSPS) is 29.6. The largest absolute Gasteiger partial charge is 0.480 e. The van der Waals surface area contributed by atoms with Crippen molar-refractivity contribution in [3.05, 3.63) is 0 Å². The highest BCUT2D eigenvalue weighted by molar-refractivity contribution is 5.83. The van der Waals surface area contributed by atoms with E-state index >= 15 is 0 Å². The SMILES string of the molecule is CC1(C)CCCN(C(=O)N2CCC(CO)C2)C1C(=O)O. The number of urea groups is 1. The van der Waals surface area contributed by atoms with Gasteiger partial charge < -0.3 is 20.0 Å². The van der Waals surface area contributed by atoms with E-state index in [0.29, 0.717) is 19.6 Å². The molecular weight excluding hydrogens is 260 g/mol. The van der Waals surface area contributed by atoms with Crippen molar-refractivity contribution in [2.75, 3.05) is 26.2 Å². The van der Waals surface area contributed by atoms with Gasteiger partial charge in [0.25, 0.3) is 0 Å². The molecule has 2 aliphatic rings. The molecule has 114 valence electrons. The van der Waals surface area contributed by atoms with Crippen molar-refractivity contribution in [2.45, 2.75) is 39.2 Å². The summed E-state index contributed by atoms with van der Waals surface area (Å²) in [5.41, 5.74) is -0.407. The van der Waals surface area contributed by atoms with Crippen LogP contribution in [0.1, 0.15) is 33.1 Å². The summed E-state index contributed by atoms with van der Waals surface area (Å²) >= 11 is 0. The van der Waals surface area contributed by atoms with E-state index in [0.717, 1.165) is 19.3 Å². The van der Waals surface area contributed by atoms with Crippen LogP contribution < -0.4 is 0 Å². The average molecular weight is 284 g/mol. The van der Waals surface area contributed by atoms with Gasteiger partial charge >= 0.3 is 12.0 Å². The predicted octanol–water partition coefficient (Wildman–Crippen LogP) is 0.996. The van der Waals surface area contributed by atoms with Crippen molar-refractivity contribution in [3.63, 3.8) is 0 Å². The highest BCUT2D eigenvalue weighted by Crippen LogP contribution is 2.36. The molecule has 2 aliphatic heterocycles. The lowest BCUT2D eigenvalue weighted by Crippen LogP contribution is -2.59. The van der Waals surface area contributed by atoms with Crippen LogP contribution >= 0.6 is 0 Å². The van der Waals surface area contributed by atoms with Crippen LogP contribution in [0.5, 0.6) is 0 Å². The molecule has 0 saturated carbocycles. The van der Waals surface area contributed by atoms with Crippen LogP contribution in [0.15, 0.2) is 0 Å². The maximum Gasteiger partial charge on any atom is 0.327 e. The van der Waals surface area contributed by atoms with Gasteiger partial charge in [-0.2, -0.15) is 0 Å². The first-order chi connectivity index (χ1) is 9.36. The van der Waals surface area contributed by atoms with Gasteiger partial charge in [0.1, 0.15) is 6.04 Å². The van der Waals surface area contributed by atoms with Gasteiger partial charge in [-0.3, -0.25) is 0 Å². The first kappa shape index (κ1) is 15.1. The number of aliphatic hydroxyl groups excluding tert-OH is 1. The third-order valence-corrected chi connectivity index (χ3v) is 4.57. The highest BCUT2D eigenvalue weighted by Gasteiger charge is 2.46. The Morgan fingerprint density at radius 2 is 2.00 bits per heavy atom. The van der Waals surface area contributed by atoms with Crippen LogP contribution in [0.4, 0.5) is 4.79 Å². The molecule has 2 fully saturated rings. The topological polar surface area (TPSA) is 81.1 Å². The van der Waals surface area contributed by atoms with E-state index in [9.17, 15) is 14.7 Å². The minimum atomic E-state index is -0.930. The van der Waals surface area contributed by atoms with Crippen LogP contribution in [0.3, 0.4) is 0 Å². The number of carboxylic acid groups (broad SMARTS) is 1. The van der Waals surface area contributed by atoms with Crippen molar-refractivity contribution in [3.8, 4) is 0 Å². The van der Waals surface area contributed by atoms with Gasteiger partial charge in [0, 0.05) is 32.2 Å². The zero-order valence-electron chi connectivity index (χ0n) is 12.2. The lowest BCUT2D eigenvalue weighted by atomic mass is 9.76. The van der Waals surface area contributed by atoms with Crippen LogP contribution in [0.2, 0.25) is 0 Å². The van der Waals surface area contributed by atoms with Crippen LogP contribution in [0.25, 0.3) is 0 Å². The second kappa shape index (κ2) is 5.60. The van der Waals surface area contributed by atoms with Crippen molar-refractivity contribution in [2.24, 2.45) is 11.3 Å². The summed E-state index contributed by atoms with van der Waals surface area (Å²) in [5, 5.41) is 18.6. The number of rotatable bonds is 2. The third kappa shape index (κ3) is 2.75. The predicted molar refractivity (Wildman–Crippen MR) is 73.3 cm³/mol. The number of amides is 2. The first-order valence-corrected chi connectivity index (χ1v) is 7.26. The summed E-state index contributed by atoms with van der Waals surface area (Å²) < 4.78 is 0. The second-order valence-electron chi connectivity index (χ2n) is 6.59. The smallest absolute Gasteiger partial charge is 0.327 e. The molecule has 0 radical (unpaired) electrons. The Labute approximate surface area is 119 Å². The Hall–Kier alpha value is -1.30. The van der Waals surface area contributed by atoms with Gasteiger partial charge in [0.2, 0.25) is 0 Å². The number of piperidine rings is 1. The molecule has 0 aromatic heterocycles. The highest BCUT2D eigenvalue weighted by atomic mass is 16.4. The van der Waals surface area contributed by atoms with Gasteiger partial charge in [-0.05, 0) is 24.7 Å². The number of carboxylic acids is 1. The number of nitrogens with zero attached hydrogens (tertiary/aromatic N) is 2. The molecule has 2 rings (SSSR count). The van der Waals surface area contributed by atoms with Crippen LogP contribution in [-0.4, -0.2) is 64.3 Å². The van der Waals surface area contributed by atoms with E-state index in [1.54, 1.807) is 4.90 Å². The molecule has 6 nitrogen and oxygen atoms in total. The molecule has 0 bridgehead atoms. The van der Waals surface area contributed by atoms with Gasteiger partial charge in [-0.15, -0.1) is 0 Å². The molecule has 0 aromatic rings. The molecule has 0 aliphatic carbocycles. The molecule has 6 heteroatoms. The molecule has 2 N–H and O–H groups in total. The maximum atomic E-state index is 12.6. The second-order valence-corrected chi connectivity index (χ2v) is 6.59. The molecule has 2 amide bonds. The number of carbonyl (C=O) groups excluding carboxylic acids is 1. The summed E-state index contributed by atoms with van der Waals surface area (Å²) in [7, 11) is 0. The van der Waals surface area contributed by atoms with Crippen molar-refractivity contribution in [1.29, 1.82) is 0 Å². The monoisotopic (exact) mass is 284 g/mol. The molecule has 2 atom stereocenters. The quantitative estimate of drug-likeness (QED) is 0.792. The summed E-state index contributed by atoms with van der Waals surface area (Å²) in [6, 6.07) is -0.960. The van der Waals surface area contributed by atoms with Crippen molar-refractivity contribution < 1.29 is 19.8 Å². The van der Waals surface area contributed by atoms with Gasteiger partial charge in [0.05, 0.1) is 0 Å². The van der Waals surface area contributed by atoms with E-state index in [4.69, 9.17) is 5.11 Å². The molecule has 2 heterocycles. The van der Waals surface area contributed by atoms with E-state index in [2.05, 4.69) is 0 Å². The molecular formula is C14H24N2O4. The zero-order chi connectivity index (χ0) is 14.9. The average Bonchev–Trinajstić information content (AvgIpc) is 2.84. The lowest BCUT2D eigenvalue weighted by Gasteiger charge is -2.45. The summed E-state index contributed by atoms with van der Waals surface area (Å²) in [6.45, 7) is 5.53. The lowest BCUT2D eigenvalue weighted by molar-refractivity contribution is -0.148. The van der Waals surface area contributed by atoms with Gasteiger partial charge in [0.15, 0.2) is 0 Å². The Balaban J connectivity index is 2.13. The minimum absolute atomic E-state index is 0.0810. The Kier molecular flexibility index (Phi) is 4.22. The standard InChI is InChI=1S/C14H24N2O4/c1-14(2)5-3-6-16(11(14)12(18)19)13(20)15-7-4-10(8-15)9-17/h10-11,17H,3-9H2,1-2H3,(H,18,19). The molecule has 2 saturated heterocycles. The first-order valence-electron chi connectivity index (χ1n) is 7.26. The molecule has 2 unspecified atom stereocenters. The number of carbonyl (C=O) groups is 2. The Bertz CT molecular complexity index is 397. The number of aliphatic hydroxyl groups is 1. The van der Waals surface area contributed by atoms with Crippen molar-refractivity contribution in [1.82, 2.24) is 9.80 Å². The Morgan fingerprint density at radius 1 is 1.30 bits per heavy atom. The number of likely N-dealkylation sites (tertiary alicyclic amines) is 2. The Morgan fingerprint density at radius 3 is 2.55 bits per heavy atom. The summed E-state index contributed by atoms with van der Waals surface area (Å²) in [6.07, 6.45) is 2.43. The summed E-state index contributed by atoms with van der Waals surface area (Å²) in [4.78, 5) is 27.3. The fourth-order valence-corrected chi connectivity index (χ4v) is 3.40. The van der Waals surface area contributed by atoms with Crippen LogP contribution in [0, 0.1) is 11.3 Å². The zero-order valence-corrected chi connectivity index (χ0v) is 12.2. The maximum absolute atomic E-state index is 12.6. The van der Waals surface area contributed by atoms with E-state index in [-0.39, 0.29) is 18.6 Å². The van der Waals surface area contributed by atoms with Gasteiger partial charge in [-0.25, -0.2) is 9.59 Å². The fraction of sp³-hybridized carbons (Fsp3) is 0.857.